The molecule has 1 aromatic rings. The maximum absolute atomic E-state index is 12.4. The molecule has 5 nitrogen and oxygen atoms in total. The Bertz CT molecular complexity index is 509. The summed E-state index contributed by atoms with van der Waals surface area (Å²) in [6.45, 7) is 6.57. The van der Waals surface area contributed by atoms with Crippen LogP contribution in [0.15, 0.2) is 30.3 Å². The minimum Gasteiger partial charge on any atom is -0.379 e. The van der Waals surface area contributed by atoms with Crippen molar-refractivity contribution in [2.24, 2.45) is 0 Å². The van der Waals surface area contributed by atoms with Crippen LogP contribution in [0.5, 0.6) is 0 Å². The van der Waals surface area contributed by atoms with Crippen LogP contribution in [0, 0.1) is 0 Å². The fourth-order valence-corrected chi connectivity index (χ4v) is 3.77. The van der Waals surface area contributed by atoms with Gasteiger partial charge in [0.05, 0.1) is 25.8 Å². The van der Waals surface area contributed by atoms with Crippen LogP contribution in [-0.2, 0) is 9.53 Å². The highest BCUT2D eigenvalue weighted by Gasteiger charge is 2.22. The lowest BCUT2D eigenvalue weighted by molar-refractivity contribution is -0.123. The molecule has 1 amide bonds. The van der Waals surface area contributed by atoms with E-state index in [4.69, 9.17) is 4.74 Å². The molecule has 2 heterocycles. The molecule has 0 radical (unpaired) electrons. The maximum atomic E-state index is 12.4. The number of carbonyl (C=O) groups excluding carboxylic acids is 1. The van der Waals surface area contributed by atoms with Crippen molar-refractivity contribution in [1.82, 2.24) is 15.1 Å². The van der Waals surface area contributed by atoms with Crippen LogP contribution < -0.4 is 5.32 Å². The van der Waals surface area contributed by atoms with Gasteiger partial charge in [0.25, 0.3) is 0 Å². The minimum atomic E-state index is 0.123. The number of rotatable bonds is 6. The molecule has 2 saturated heterocycles. The van der Waals surface area contributed by atoms with Gasteiger partial charge >= 0.3 is 0 Å². The summed E-state index contributed by atoms with van der Waals surface area (Å²) in [6, 6.07) is 10.9. The number of nitrogens with zero attached hydrogens (tertiary/aromatic N) is 2. The topological polar surface area (TPSA) is 44.8 Å². The van der Waals surface area contributed by atoms with E-state index in [1.54, 1.807) is 0 Å². The van der Waals surface area contributed by atoms with E-state index < -0.39 is 0 Å². The number of carbonyl (C=O) groups is 1. The highest BCUT2D eigenvalue weighted by molar-refractivity contribution is 5.78. The number of amides is 1. The van der Waals surface area contributed by atoms with Crippen LogP contribution in [0.3, 0.4) is 0 Å². The fraction of sp³-hybridized carbons (Fsp3) is 0.650. The molecule has 138 valence electrons. The third-order valence-corrected chi connectivity index (χ3v) is 5.23. The first-order valence-corrected chi connectivity index (χ1v) is 9.69. The molecule has 1 atom stereocenters. The third kappa shape index (κ3) is 5.80. The smallest absolute Gasteiger partial charge is 0.234 e. The molecule has 25 heavy (non-hydrogen) atoms. The zero-order valence-electron chi connectivity index (χ0n) is 15.2. The molecule has 0 saturated carbocycles. The van der Waals surface area contributed by atoms with Crippen molar-refractivity contribution in [1.29, 1.82) is 0 Å². The van der Waals surface area contributed by atoms with E-state index in [1.807, 2.05) is 0 Å². The van der Waals surface area contributed by atoms with E-state index in [1.165, 1.54) is 31.2 Å². The van der Waals surface area contributed by atoms with Crippen molar-refractivity contribution in [2.45, 2.75) is 31.7 Å². The van der Waals surface area contributed by atoms with Gasteiger partial charge in [0, 0.05) is 19.6 Å². The van der Waals surface area contributed by atoms with Crippen LogP contribution in [0.4, 0.5) is 0 Å². The Balaban J connectivity index is 1.58. The van der Waals surface area contributed by atoms with Gasteiger partial charge in [-0.15, -0.1) is 0 Å². The van der Waals surface area contributed by atoms with Crippen LogP contribution >= 0.6 is 0 Å². The van der Waals surface area contributed by atoms with E-state index in [0.717, 1.165) is 39.4 Å². The molecule has 0 spiro atoms. The molecular weight excluding hydrogens is 314 g/mol. The van der Waals surface area contributed by atoms with Gasteiger partial charge in [0.15, 0.2) is 0 Å². The first-order valence-electron chi connectivity index (χ1n) is 9.69. The summed E-state index contributed by atoms with van der Waals surface area (Å²) < 4.78 is 5.35. The molecule has 1 aromatic carbocycles. The summed E-state index contributed by atoms with van der Waals surface area (Å²) in [6.07, 6.45) is 5.15. The van der Waals surface area contributed by atoms with E-state index >= 15 is 0 Å². The van der Waals surface area contributed by atoms with Crippen molar-refractivity contribution in [3.05, 3.63) is 35.9 Å². The second kappa shape index (κ2) is 9.90. The zero-order valence-corrected chi connectivity index (χ0v) is 15.2. The normalized spacial score (nSPS) is 21.4. The lowest BCUT2D eigenvalue weighted by Gasteiger charge is -2.32. The summed E-state index contributed by atoms with van der Waals surface area (Å²) in [5, 5.41) is 3.18. The van der Waals surface area contributed by atoms with Gasteiger partial charge in [-0.25, -0.2) is 0 Å². The highest BCUT2D eigenvalue weighted by atomic mass is 16.5. The van der Waals surface area contributed by atoms with E-state index in [2.05, 4.69) is 45.4 Å². The molecule has 0 aromatic heterocycles. The molecule has 0 aliphatic carbocycles. The Labute approximate surface area is 151 Å². The summed E-state index contributed by atoms with van der Waals surface area (Å²) in [5.74, 6) is 0.123. The number of morpholine rings is 1. The van der Waals surface area contributed by atoms with Crippen LogP contribution in [0.25, 0.3) is 0 Å². The van der Waals surface area contributed by atoms with Crippen LogP contribution in [0.2, 0.25) is 0 Å². The molecular formula is C20H31N3O2. The fourth-order valence-electron chi connectivity index (χ4n) is 3.77. The standard InChI is InChI=1S/C20H31N3O2/c24-20(17-22-12-14-25-15-13-22)21-16-19(18-8-4-3-5-9-18)23-10-6-1-2-7-11-23/h3-5,8-9,19H,1-2,6-7,10-17H2,(H,21,24)/t19-/m1/s1. The van der Waals surface area contributed by atoms with Crippen molar-refractivity contribution in [2.75, 3.05) is 52.5 Å². The molecule has 5 heteroatoms. The monoisotopic (exact) mass is 345 g/mol. The van der Waals surface area contributed by atoms with Crippen molar-refractivity contribution in [3.8, 4) is 0 Å². The SMILES string of the molecule is O=C(CN1CCOCC1)NC[C@H](c1ccccc1)N1CCCCCC1. The van der Waals surface area contributed by atoms with Crippen molar-refractivity contribution < 1.29 is 9.53 Å². The lowest BCUT2D eigenvalue weighted by atomic mass is 10.0. The van der Waals surface area contributed by atoms with Gasteiger partial charge in [-0.3, -0.25) is 14.6 Å². The highest BCUT2D eigenvalue weighted by Crippen LogP contribution is 2.23. The predicted molar refractivity (Wildman–Crippen MR) is 99.5 cm³/mol. The second-order valence-corrected chi connectivity index (χ2v) is 7.07. The molecule has 1 N–H and O–H groups in total. The maximum Gasteiger partial charge on any atom is 0.234 e. The van der Waals surface area contributed by atoms with Gasteiger partial charge in [-0.05, 0) is 31.5 Å². The lowest BCUT2D eigenvalue weighted by Crippen LogP contribution is -2.45. The quantitative estimate of drug-likeness (QED) is 0.857. The Kier molecular flexibility index (Phi) is 7.27. The third-order valence-electron chi connectivity index (χ3n) is 5.23. The molecule has 0 unspecified atom stereocenters. The summed E-state index contributed by atoms with van der Waals surface area (Å²) in [7, 11) is 0. The summed E-state index contributed by atoms with van der Waals surface area (Å²) in [4.78, 5) is 17.1. The number of hydrogen-bond donors (Lipinski definition) is 1. The zero-order chi connectivity index (χ0) is 17.3. The Hall–Kier alpha value is -1.43. The second-order valence-electron chi connectivity index (χ2n) is 7.07. The predicted octanol–water partition coefficient (Wildman–Crippen LogP) is 2.05. The first kappa shape index (κ1) is 18.4. The average Bonchev–Trinajstić information content (AvgIpc) is 2.93. The largest absolute Gasteiger partial charge is 0.379 e. The Morgan fingerprint density at radius 1 is 1.00 bits per heavy atom. The van der Waals surface area contributed by atoms with Gasteiger partial charge in [-0.2, -0.15) is 0 Å². The Morgan fingerprint density at radius 2 is 1.68 bits per heavy atom. The van der Waals surface area contributed by atoms with Crippen LogP contribution in [-0.4, -0.2) is 68.2 Å². The molecule has 0 bridgehead atoms. The van der Waals surface area contributed by atoms with E-state index in [9.17, 15) is 4.79 Å². The Morgan fingerprint density at radius 3 is 2.36 bits per heavy atom. The van der Waals surface area contributed by atoms with E-state index in [0.29, 0.717) is 13.1 Å². The summed E-state index contributed by atoms with van der Waals surface area (Å²) >= 11 is 0. The number of benzene rings is 1. The van der Waals surface area contributed by atoms with Gasteiger partial charge in [-0.1, -0.05) is 43.2 Å². The van der Waals surface area contributed by atoms with Gasteiger partial charge in [0.2, 0.25) is 5.91 Å². The van der Waals surface area contributed by atoms with Crippen molar-refractivity contribution >= 4 is 5.91 Å². The minimum absolute atomic E-state index is 0.123. The molecule has 2 aliphatic heterocycles. The van der Waals surface area contributed by atoms with Crippen LogP contribution in [0.1, 0.15) is 37.3 Å². The molecule has 2 fully saturated rings. The van der Waals surface area contributed by atoms with Crippen molar-refractivity contribution in [3.63, 3.8) is 0 Å². The molecule has 3 rings (SSSR count). The average molecular weight is 345 g/mol. The van der Waals surface area contributed by atoms with E-state index in [-0.39, 0.29) is 11.9 Å². The van der Waals surface area contributed by atoms with Gasteiger partial charge in [0.1, 0.15) is 0 Å². The van der Waals surface area contributed by atoms with Gasteiger partial charge < -0.3 is 10.1 Å². The number of likely N-dealkylation sites (tertiary alicyclic amines) is 1. The first-order chi connectivity index (χ1) is 12.3. The summed E-state index contributed by atoms with van der Waals surface area (Å²) in [5.41, 5.74) is 1.30. The number of nitrogens with one attached hydrogen (secondary N) is 1. The molecule has 2 aliphatic rings. The number of hydrogen-bond acceptors (Lipinski definition) is 4. The number of ether oxygens (including phenoxy) is 1.